The van der Waals surface area contributed by atoms with Gasteiger partial charge in [0.05, 0.1) is 7.11 Å². The zero-order valence-corrected chi connectivity index (χ0v) is 8.81. The minimum atomic E-state index is -1.52. The van der Waals surface area contributed by atoms with Crippen LogP contribution in [0.25, 0.3) is 0 Å². The Morgan fingerprint density at radius 2 is 1.35 bits per heavy atom. The number of methoxy groups -OCH3 is 1. The number of ether oxygens (including phenoxy) is 1. The number of hydrogen-bond acceptors (Lipinski definition) is 1. The highest BCUT2D eigenvalue weighted by atomic mass is 19.2. The lowest BCUT2D eigenvalue weighted by Gasteiger charge is -2.13. The Morgan fingerprint density at radius 3 is 1.76 bits per heavy atom. The summed E-state index contributed by atoms with van der Waals surface area (Å²) in [4.78, 5) is 0. The van der Waals surface area contributed by atoms with E-state index in [-0.39, 0.29) is 0 Å². The molecular formula is C12H8F4O. The molecule has 0 saturated carbocycles. The van der Waals surface area contributed by atoms with Crippen LogP contribution in [-0.4, -0.2) is 7.11 Å². The lowest BCUT2D eigenvalue weighted by atomic mass is 9.98. The molecule has 0 N–H and O–H groups in total. The molecule has 0 bridgehead atoms. The Hall–Kier alpha value is -1.78. The van der Waals surface area contributed by atoms with E-state index in [2.05, 4.69) is 4.74 Å². The molecule has 0 aliphatic heterocycles. The maximum atomic E-state index is 13.6. The fraction of sp³-hybridized carbons (Fsp3) is 0.167. The van der Waals surface area contributed by atoms with E-state index >= 15 is 0 Å². The Bertz CT molecular complexity index is 479. The van der Waals surface area contributed by atoms with Crippen molar-refractivity contribution in [3.63, 3.8) is 0 Å². The van der Waals surface area contributed by atoms with Crippen LogP contribution in [0.3, 0.4) is 0 Å². The van der Waals surface area contributed by atoms with Crippen molar-refractivity contribution in [3.05, 3.63) is 53.1 Å². The molecule has 2 rings (SSSR count). The van der Waals surface area contributed by atoms with Crippen LogP contribution in [0, 0.1) is 23.3 Å². The first-order valence-electron chi connectivity index (χ1n) is 4.82. The molecule has 90 valence electrons. The highest BCUT2D eigenvalue weighted by molar-refractivity contribution is 5.42. The third-order valence-corrected chi connectivity index (χ3v) is 2.54. The van der Waals surface area contributed by atoms with E-state index in [1.54, 1.807) is 12.2 Å². The van der Waals surface area contributed by atoms with E-state index < -0.39 is 40.5 Å². The first kappa shape index (κ1) is 11.7. The lowest BCUT2D eigenvalue weighted by Crippen LogP contribution is -2.08. The van der Waals surface area contributed by atoms with Gasteiger partial charge in [-0.2, -0.15) is 8.78 Å². The van der Waals surface area contributed by atoms with Crippen LogP contribution in [-0.2, 0) is 0 Å². The molecule has 1 nitrogen and oxygen atoms in total. The molecule has 1 aromatic carbocycles. The summed E-state index contributed by atoms with van der Waals surface area (Å²) in [5, 5.41) is 0. The Labute approximate surface area is 95.0 Å². The van der Waals surface area contributed by atoms with Gasteiger partial charge in [-0.05, 0) is 0 Å². The number of halogens is 4. The van der Waals surface area contributed by atoms with Gasteiger partial charge < -0.3 is 4.74 Å². The lowest BCUT2D eigenvalue weighted by molar-refractivity contribution is 0.328. The second-order valence-corrected chi connectivity index (χ2v) is 3.50. The molecule has 0 radical (unpaired) electrons. The van der Waals surface area contributed by atoms with Crippen molar-refractivity contribution in [2.24, 2.45) is 0 Å². The maximum Gasteiger partial charge on any atom is 0.204 e. The van der Waals surface area contributed by atoms with E-state index in [1.165, 1.54) is 12.2 Å². The molecule has 1 aliphatic carbocycles. The van der Waals surface area contributed by atoms with Gasteiger partial charge in [-0.1, -0.05) is 24.3 Å². The largest absolute Gasteiger partial charge is 0.491 e. The van der Waals surface area contributed by atoms with Crippen molar-refractivity contribution in [2.45, 2.75) is 5.92 Å². The predicted molar refractivity (Wildman–Crippen MR) is 53.8 cm³/mol. The van der Waals surface area contributed by atoms with Crippen molar-refractivity contribution >= 4 is 0 Å². The van der Waals surface area contributed by atoms with E-state index in [1.807, 2.05) is 0 Å². The van der Waals surface area contributed by atoms with Crippen molar-refractivity contribution in [3.8, 4) is 5.75 Å². The molecule has 0 amide bonds. The van der Waals surface area contributed by atoms with E-state index in [9.17, 15) is 17.6 Å². The molecule has 0 spiro atoms. The van der Waals surface area contributed by atoms with Gasteiger partial charge in [0.1, 0.15) is 0 Å². The monoisotopic (exact) mass is 244 g/mol. The zero-order chi connectivity index (χ0) is 12.6. The summed E-state index contributed by atoms with van der Waals surface area (Å²) in [6.45, 7) is 0. The molecular weight excluding hydrogens is 236 g/mol. The van der Waals surface area contributed by atoms with Gasteiger partial charge in [0, 0.05) is 11.5 Å². The van der Waals surface area contributed by atoms with Gasteiger partial charge >= 0.3 is 0 Å². The highest BCUT2D eigenvalue weighted by Gasteiger charge is 2.29. The van der Waals surface area contributed by atoms with Crippen molar-refractivity contribution < 1.29 is 22.3 Å². The second-order valence-electron chi connectivity index (χ2n) is 3.50. The summed E-state index contributed by atoms with van der Waals surface area (Å²) < 4.78 is 58.3. The van der Waals surface area contributed by atoms with Crippen molar-refractivity contribution in [2.75, 3.05) is 7.11 Å². The molecule has 0 heterocycles. The van der Waals surface area contributed by atoms with Gasteiger partial charge in [-0.25, -0.2) is 8.78 Å². The summed E-state index contributed by atoms with van der Waals surface area (Å²) in [6, 6.07) is 0. The molecule has 1 aliphatic rings. The third kappa shape index (κ3) is 1.71. The molecule has 0 atom stereocenters. The van der Waals surface area contributed by atoms with Gasteiger partial charge in [0.25, 0.3) is 0 Å². The number of allylic oxidation sites excluding steroid dienone is 4. The SMILES string of the molecule is COc1c(F)c(F)c(C2C=CC=C2)c(F)c1F. The molecule has 17 heavy (non-hydrogen) atoms. The topological polar surface area (TPSA) is 9.23 Å². The number of rotatable bonds is 2. The highest BCUT2D eigenvalue weighted by Crippen LogP contribution is 2.35. The Kier molecular flexibility index (Phi) is 2.92. The van der Waals surface area contributed by atoms with Gasteiger partial charge in [-0.3, -0.25) is 0 Å². The third-order valence-electron chi connectivity index (χ3n) is 2.54. The first-order chi connectivity index (χ1) is 8.07. The normalized spacial score (nSPS) is 14.6. The molecule has 0 saturated heterocycles. The number of hydrogen-bond donors (Lipinski definition) is 0. The standard InChI is InChI=1S/C12H8F4O/c1-17-12-10(15)8(13)7(9(14)11(12)16)6-4-2-3-5-6/h2-6H,1H3. The zero-order valence-electron chi connectivity index (χ0n) is 8.81. The fourth-order valence-corrected chi connectivity index (χ4v) is 1.72. The van der Waals surface area contributed by atoms with Crippen molar-refractivity contribution in [1.29, 1.82) is 0 Å². The van der Waals surface area contributed by atoms with E-state index in [4.69, 9.17) is 0 Å². The average molecular weight is 244 g/mol. The Morgan fingerprint density at radius 1 is 0.882 bits per heavy atom. The minimum absolute atomic E-state index is 0.647. The summed E-state index contributed by atoms with van der Waals surface area (Å²) >= 11 is 0. The van der Waals surface area contributed by atoms with Crippen LogP contribution in [0.2, 0.25) is 0 Å². The fourth-order valence-electron chi connectivity index (χ4n) is 1.72. The smallest absolute Gasteiger partial charge is 0.204 e. The van der Waals surface area contributed by atoms with Crippen LogP contribution >= 0.6 is 0 Å². The molecule has 0 unspecified atom stereocenters. The maximum absolute atomic E-state index is 13.6. The van der Waals surface area contributed by atoms with Crippen molar-refractivity contribution in [1.82, 2.24) is 0 Å². The average Bonchev–Trinajstić information content (AvgIpc) is 2.81. The molecule has 0 aromatic heterocycles. The predicted octanol–water partition coefficient (Wildman–Crippen LogP) is 3.46. The van der Waals surface area contributed by atoms with Crippen LogP contribution in [0.5, 0.6) is 5.75 Å². The van der Waals surface area contributed by atoms with E-state index in [0.717, 1.165) is 7.11 Å². The van der Waals surface area contributed by atoms with Crippen LogP contribution < -0.4 is 4.74 Å². The van der Waals surface area contributed by atoms with Crippen LogP contribution in [0.4, 0.5) is 17.6 Å². The quantitative estimate of drug-likeness (QED) is 0.571. The van der Waals surface area contributed by atoms with Crippen LogP contribution in [0.1, 0.15) is 11.5 Å². The van der Waals surface area contributed by atoms with Gasteiger partial charge in [0.2, 0.25) is 11.6 Å². The first-order valence-corrected chi connectivity index (χ1v) is 4.82. The number of benzene rings is 1. The molecule has 1 aromatic rings. The summed E-state index contributed by atoms with van der Waals surface area (Å²) in [6.07, 6.45) is 5.97. The second kappa shape index (κ2) is 4.24. The minimum Gasteiger partial charge on any atom is -0.491 e. The van der Waals surface area contributed by atoms with Gasteiger partial charge in [-0.15, -0.1) is 0 Å². The van der Waals surface area contributed by atoms with Gasteiger partial charge in [0.15, 0.2) is 17.4 Å². The molecule has 5 heteroatoms. The summed E-state index contributed by atoms with van der Waals surface area (Å²) in [7, 11) is 0.940. The Balaban J connectivity index is 2.68. The summed E-state index contributed by atoms with van der Waals surface area (Å²) in [5.41, 5.74) is -0.647. The van der Waals surface area contributed by atoms with Crippen LogP contribution in [0.15, 0.2) is 24.3 Å². The van der Waals surface area contributed by atoms with E-state index in [0.29, 0.717) is 0 Å². The molecule has 0 fully saturated rings. The summed E-state index contributed by atoms with van der Waals surface area (Å²) in [5.74, 6) is -7.74.